The van der Waals surface area contributed by atoms with Crippen LogP contribution in [0.2, 0.25) is 0 Å². The van der Waals surface area contributed by atoms with Crippen molar-refractivity contribution >= 4 is 0 Å². The molecular weight excluding hydrogens is 196 g/mol. The number of hydrogen-bond donors (Lipinski definition) is 0. The highest BCUT2D eigenvalue weighted by Crippen LogP contribution is 2.15. The van der Waals surface area contributed by atoms with Gasteiger partial charge in [-0.25, -0.2) is 9.78 Å². The number of hydrogen-bond acceptors (Lipinski definition) is 4. The second-order valence-electron chi connectivity index (χ2n) is 4.20. The largest absolute Gasteiger partial charge is 0.231 e. The van der Waals surface area contributed by atoms with Gasteiger partial charge in [0.25, 0.3) is 0 Å². The maximum absolute atomic E-state index is 5.13. The lowest BCUT2D eigenvalue weighted by atomic mass is 10.3. The highest BCUT2D eigenvalue weighted by atomic mass is 17.3. The van der Waals surface area contributed by atoms with E-state index >= 15 is 0 Å². The first-order chi connectivity index (χ1) is 6.91. The number of rotatable bonds is 8. The molecule has 0 saturated heterocycles. The molecule has 0 heterocycles. The van der Waals surface area contributed by atoms with Gasteiger partial charge in [-0.2, -0.15) is 9.78 Å². The Morgan fingerprint density at radius 1 is 0.867 bits per heavy atom. The van der Waals surface area contributed by atoms with Crippen molar-refractivity contribution in [2.75, 3.05) is 0 Å². The van der Waals surface area contributed by atoms with Crippen molar-refractivity contribution in [3.63, 3.8) is 0 Å². The predicted octanol–water partition coefficient (Wildman–Crippen LogP) is 3.22. The Morgan fingerprint density at radius 3 is 1.47 bits per heavy atom. The van der Waals surface area contributed by atoms with Gasteiger partial charge in [-0.05, 0) is 40.5 Å². The van der Waals surface area contributed by atoms with E-state index in [1.807, 2.05) is 27.7 Å². The first kappa shape index (κ1) is 14.8. The second-order valence-corrected chi connectivity index (χ2v) is 4.20. The third-order valence-electron chi connectivity index (χ3n) is 1.98. The summed E-state index contributed by atoms with van der Waals surface area (Å²) in [7, 11) is 0. The average Bonchev–Trinajstić information content (AvgIpc) is 2.22. The maximum Gasteiger partial charge on any atom is 0.228 e. The first-order valence-electron chi connectivity index (χ1n) is 5.60. The van der Waals surface area contributed by atoms with E-state index < -0.39 is 5.79 Å². The fourth-order valence-electron chi connectivity index (χ4n) is 0.546. The summed E-state index contributed by atoms with van der Waals surface area (Å²) in [6.45, 7) is 11.4. The van der Waals surface area contributed by atoms with Gasteiger partial charge in [0.1, 0.15) is 0 Å². The molecule has 15 heavy (non-hydrogen) atoms. The Hall–Kier alpha value is -0.160. The van der Waals surface area contributed by atoms with Crippen LogP contribution < -0.4 is 0 Å². The molecule has 0 fully saturated rings. The van der Waals surface area contributed by atoms with Gasteiger partial charge in [0, 0.05) is 0 Å². The molecule has 2 unspecified atom stereocenters. The van der Waals surface area contributed by atoms with E-state index in [9.17, 15) is 0 Å². The Bertz CT molecular complexity index is 143. The molecule has 2 atom stereocenters. The predicted molar refractivity (Wildman–Crippen MR) is 57.9 cm³/mol. The Labute approximate surface area is 92.7 Å². The van der Waals surface area contributed by atoms with Crippen molar-refractivity contribution in [3.05, 3.63) is 0 Å². The Kier molecular flexibility index (Phi) is 7.09. The average molecular weight is 220 g/mol. The van der Waals surface area contributed by atoms with Gasteiger partial charge in [0.2, 0.25) is 5.79 Å². The molecule has 92 valence electrons. The molecule has 0 radical (unpaired) electrons. The van der Waals surface area contributed by atoms with E-state index in [1.54, 1.807) is 13.8 Å². The van der Waals surface area contributed by atoms with Crippen LogP contribution in [0.3, 0.4) is 0 Å². The van der Waals surface area contributed by atoms with E-state index in [0.29, 0.717) is 0 Å². The Morgan fingerprint density at radius 2 is 1.20 bits per heavy atom. The minimum absolute atomic E-state index is 0.0523. The summed E-state index contributed by atoms with van der Waals surface area (Å²) in [5, 5.41) is 0. The standard InChI is InChI=1S/C11H24O4/c1-7-9(3)12-14-11(5,6)15-13-10(4)8-2/h9-10H,7-8H2,1-6H3. The molecule has 0 aliphatic carbocycles. The molecule has 4 nitrogen and oxygen atoms in total. The van der Waals surface area contributed by atoms with Crippen molar-refractivity contribution in [1.82, 2.24) is 0 Å². The molecule has 0 aliphatic heterocycles. The van der Waals surface area contributed by atoms with Gasteiger partial charge in [-0.1, -0.05) is 13.8 Å². The van der Waals surface area contributed by atoms with Gasteiger partial charge in [-0.15, -0.1) is 0 Å². The lowest BCUT2D eigenvalue weighted by molar-refractivity contribution is -0.515. The lowest BCUT2D eigenvalue weighted by Gasteiger charge is -2.25. The normalized spacial score (nSPS) is 16.4. The summed E-state index contributed by atoms with van der Waals surface area (Å²) in [6, 6.07) is 0. The highest BCUT2D eigenvalue weighted by Gasteiger charge is 2.24. The summed E-state index contributed by atoms with van der Waals surface area (Å²) in [5.41, 5.74) is 0. The molecule has 0 amide bonds. The van der Waals surface area contributed by atoms with E-state index in [0.717, 1.165) is 12.8 Å². The van der Waals surface area contributed by atoms with Crippen molar-refractivity contribution in [3.8, 4) is 0 Å². The van der Waals surface area contributed by atoms with Gasteiger partial charge in [-0.3, -0.25) is 0 Å². The maximum atomic E-state index is 5.13. The minimum Gasteiger partial charge on any atom is -0.231 e. The van der Waals surface area contributed by atoms with Gasteiger partial charge in [0.05, 0.1) is 12.2 Å². The third kappa shape index (κ3) is 7.73. The zero-order valence-electron chi connectivity index (χ0n) is 10.7. The summed E-state index contributed by atoms with van der Waals surface area (Å²) in [5.74, 6) is -0.882. The van der Waals surface area contributed by atoms with Crippen LogP contribution in [0.4, 0.5) is 0 Å². The SMILES string of the molecule is CCC(C)OOC(C)(C)OOC(C)CC. The molecule has 0 rings (SSSR count). The van der Waals surface area contributed by atoms with Crippen LogP contribution in [0, 0.1) is 0 Å². The van der Waals surface area contributed by atoms with E-state index in [1.165, 1.54) is 0 Å². The lowest BCUT2D eigenvalue weighted by Crippen LogP contribution is -2.31. The zero-order valence-corrected chi connectivity index (χ0v) is 10.7. The van der Waals surface area contributed by atoms with Crippen molar-refractivity contribution in [2.24, 2.45) is 0 Å². The van der Waals surface area contributed by atoms with Crippen molar-refractivity contribution < 1.29 is 19.6 Å². The molecule has 0 aromatic rings. The van der Waals surface area contributed by atoms with Crippen molar-refractivity contribution in [2.45, 2.75) is 72.4 Å². The van der Waals surface area contributed by atoms with Gasteiger partial charge >= 0.3 is 0 Å². The molecule has 0 aliphatic rings. The highest BCUT2D eigenvalue weighted by molar-refractivity contribution is 4.48. The molecule has 0 N–H and O–H groups in total. The van der Waals surface area contributed by atoms with Crippen LogP contribution in [0.1, 0.15) is 54.4 Å². The molecule has 0 bridgehead atoms. The monoisotopic (exact) mass is 220 g/mol. The first-order valence-corrected chi connectivity index (χ1v) is 5.60. The van der Waals surface area contributed by atoms with Crippen LogP contribution in [0.5, 0.6) is 0 Å². The molecule has 0 aromatic heterocycles. The summed E-state index contributed by atoms with van der Waals surface area (Å²) in [6.07, 6.45) is 1.89. The third-order valence-corrected chi connectivity index (χ3v) is 1.98. The van der Waals surface area contributed by atoms with Gasteiger partial charge < -0.3 is 0 Å². The van der Waals surface area contributed by atoms with Crippen LogP contribution in [-0.2, 0) is 19.6 Å². The van der Waals surface area contributed by atoms with Crippen LogP contribution in [0.15, 0.2) is 0 Å². The Balaban J connectivity index is 3.75. The molecule has 0 aromatic carbocycles. The van der Waals surface area contributed by atoms with Crippen molar-refractivity contribution in [1.29, 1.82) is 0 Å². The van der Waals surface area contributed by atoms with E-state index in [-0.39, 0.29) is 12.2 Å². The fraction of sp³-hybridized carbons (Fsp3) is 1.00. The summed E-state index contributed by atoms with van der Waals surface area (Å²) < 4.78 is 0. The molecule has 4 heteroatoms. The molecule has 0 spiro atoms. The summed E-state index contributed by atoms with van der Waals surface area (Å²) >= 11 is 0. The van der Waals surface area contributed by atoms with Crippen LogP contribution in [-0.4, -0.2) is 18.0 Å². The fourth-order valence-corrected chi connectivity index (χ4v) is 0.546. The quantitative estimate of drug-likeness (QED) is 0.357. The summed E-state index contributed by atoms with van der Waals surface area (Å²) in [4.78, 5) is 20.5. The zero-order chi connectivity index (χ0) is 11.9. The molecular formula is C11H24O4. The second kappa shape index (κ2) is 7.17. The van der Waals surface area contributed by atoms with Gasteiger partial charge in [0.15, 0.2) is 0 Å². The minimum atomic E-state index is -0.882. The van der Waals surface area contributed by atoms with E-state index in [4.69, 9.17) is 19.6 Å². The topological polar surface area (TPSA) is 36.9 Å². The van der Waals surface area contributed by atoms with E-state index in [2.05, 4.69) is 0 Å². The smallest absolute Gasteiger partial charge is 0.228 e. The molecule has 0 saturated carbocycles. The van der Waals surface area contributed by atoms with Crippen LogP contribution >= 0.6 is 0 Å². The van der Waals surface area contributed by atoms with Crippen LogP contribution in [0.25, 0.3) is 0 Å².